The molecular formula is C50H100O2. The first-order valence-corrected chi connectivity index (χ1v) is 24.9. The average molecular weight is 733 g/mol. The van der Waals surface area contributed by atoms with Crippen LogP contribution in [-0.2, 0) is 9.53 Å². The number of unbranched alkanes of at least 4 members (excludes halogenated alkanes) is 39. The van der Waals surface area contributed by atoms with Crippen LogP contribution in [0.2, 0.25) is 0 Å². The third kappa shape index (κ3) is 42.2. The summed E-state index contributed by atoms with van der Waals surface area (Å²) in [4.78, 5) is 13.2. The summed E-state index contributed by atoms with van der Waals surface area (Å²) in [7, 11) is 0. The van der Waals surface area contributed by atoms with E-state index in [1.165, 1.54) is 263 Å². The van der Waals surface area contributed by atoms with Gasteiger partial charge in [-0.05, 0) is 19.3 Å². The topological polar surface area (TPSA) is 26.3 Å². The minimum atomic E-state index is 0.124. The van der Waals surface area contributed by atoms with Gasteiger partial charge in [-0.15, -0.1) is 0 Å². The number of esters is 1. The van der Waals surface area contributed by atoms with Crippen molar-refractivity contribution in [3.8, 4) is 0 Å². The van der Waals surface area contributed by atoms with Gasteiger partial charge >= 0.3 is 5.97 Å². The molecule has 0 aliphatic rings. The van der Waals surface area contributed by atoms with Gasteiger partial charge in [0.1, 0.15) is 0 Å². The summed E-state index contributed by atoms with van der Waals surface area (Å²) >= 11 is 0. The van der Waals surface area contributed by atoms with E-state index in [4.69, 9.17) is 4.74 Å². The normalized spacial score (nSPS) is 12.1. The molecule has 0 aliphatic carbocycles. The molecule has 0 aromatic rings. The van der Waals surface area contributed by atoms with Crippen LogP contribution in [0.5, 0.6) is 0 Å². The van der Waals surface area contributed by atoms with E-state index >= 15 is 0 Å². The maximum atomic E-state index is 13.2. The smallest absolute Gasteiger partial charge is 0.308 e. The molecule has 0 aliphatic heterocycles. The lowest BCUT2D eigenvalue weighted by atomic mass is 9.94. The van der Waals surface area contributed by atoms with Gasteiger partial charge in [0.25, 0.3) is 0 Å². The van der Waals surface area contributed by atoms with Crippen LogP contribution in [-0.4, -0.2) is 12.6 Å². The van der Waals surface area contributed by atoms with Crippen molar-refractivity contribution in [1.82, 2.24) is 0 Å². The summed E-state index contributed by atoms with van der Waals surface area (Å²) in [6.45, 7) is 7.55. The summed E-state index contributed by atoms with van der Waals surface area (Å²) in [5.74, 6) is 0.264. The first-order chi connectivity index (χ1) is 25.8. The fourth-order valence-corrected chi connectivity index (χ4v) is 8.14. The van der Waals surface area contributed by atoms with E-state index in [1.807, 2.05) is 0 Å². The van der Waals surface area contributed by atoms with Crippen LogP contribution in [0.25, 0.3) is 0 Å². The van der Waals surface area contributed by atoms with Crippen LogP contribution in [0.1, 0.15) is 303 Å². The number of hydrogen-bond acceptors (Lipinski definition) is 2. The maximum Gasteiger partial charge on any atom is 0.308 e. The van der Waals surface area contributed by atoms with Gasteiger partial charge < -0.3 is 4.74 Å². The highest BCUT2D eigenvalue weighted by Gasteiger charge is 2.19. The van der Waals surface area contributed by atoms with Crippen LogP contribution in [0.3, 0.4) is 0 Å². The Hall–Kier alpha value is -0.530. The monoisotopic (exact) mass is 733 g/mol. The third-order valence-corrected chi connectivity index (χ3v) is 11.9. The van der Waals surface area contributed by atoms with Gasteiger partial charge in [-0.3, -0.25) is 4.79 Å². The van der Waals surface area contributed by atoms with E-state index in [2.05, 4.69) is 20.8 Å². The molecule has 0 bridgehead atoms. The van der Waals surface area contributed by atoms with E-state index in [0.717, 1.165) is 19.3 Å². The predicted molar refractivity (Wildman–Crippen MR) is 235 cm³/mol. The van der Waals surface area contributed by atoms with Gasteiger partial charge in [-0.1, -0.05) is 284 Å². The minimum Gasteiger partial charge on any atom is -0.465 e. The molecule has 0 rings (SSSR count). The van der Waals surface area contributed by atoms with Gasteiger partial charge in [0, 0.05) is 0 Å². The van der Waals surface area contributed by atoms with Crippen LogP contribution in [0.15, 0.2) is 0 Å². The average Bonchev–Trinajstić information content (AvgIpc) is 3.15. The first kappa shape index (κ1) is 51.5. The molecule has 312 valence electrons. The quantitative estimate of drug-likeness (QED) is 0.0460. The summed E-state index contributed by atoms with van der Waals surface area (Å²) < 4.78 is 5.91. The van der Waals surface area contributed by atoms with Crippen molar-refractivity contribution in [3.63, 3.8) is 0 Å². The largest absolute Gasteiger partial charge is 0.465 e. The van der Waals surface area contributed by atoms with Crippen molar-refractivity contribution in [2.24, 2.45) is 5.92 Å². The zero-order valence-electron chi connectivity index (χ0n) is 36.7. The van der Waals surface area contributed by atoms with E-state index in [1.54, 1.807) is 0 Å². The Balaban J connectivity index is 4.03. The lowest BCUT2D eigenvalue weighted by molar-refractivity contribution is -0.149. The maximum absolute atomic E-state index is 13.2. The molecular weight excluding hydrogens is 633 g/mol. The predicted octanol–water partition coefficient (Wildman–Crippen LogP) is 18.4. The molecule has 0 saturated carbocycles. The Morgan fingerprint density at radius 2 is 0.481 bits per heavy atom. The Morgan fingerprint density at radius 1 is 0.288 bits per heavy atom. The Labute approximate surface area is 330 Å². The number of carbonyl (C=O) groups excluding carboxylic acids is 1. The molecule has 2 heteroatoms. The molecule has 0 N–H and O–H groups in total. The molecule has 0 saturated heterocycles. The molecule has 1 atom stereocenters. The molecule has 0 heterocycles. The van der Waals surface area contributed by atoms with Crippen LogP contribution < -0.4 is 0 Å². The summed E-state index contributed by atoms with van der Waals surface area (Å²) in [5.41, 5.74) is 0. The molecule has 0 amide bonds. The molecule has 0 aromatic heterocycles. The highest BCUT2D eigenvalue weighted by molar-refractivity contribution is 5.72. The number of hydrogen-bond donors (Lipinski definition) is 0. The van der Waals surface area contributed by atoms with E-state index in [9.17, 15) is 4.79 Å². The van der Waals surface area contributed by atoms with E-state index < -0.39 is 0 Å². The standard InChI is InChI=1S/C50H100O2/c1-4-7-10-13-16-19-22-25-27-28-30-33-36-39-42-45-48-52-50(51)49(46-43-40-37-34-31-24-21-18-15-12-9-6-3)47-44-41-38-35-32-29-26-23-20-17-14-11-8-5-2/h49H,4-48H2,1-3H3. The minimum absolute atomic E-state index is 0.124. The lowest BCUT2D eigenvalue weighted by Crippen LogP contribution is -2.18. The van der Waals surface area contributed by atoms with Crippen molar-refractivity contribution in [2.75, 3.05) is 6.61 Å². The Bertz CT molecular complexity index is 644. The third-order valence-electron chi connectivity index (χ3n) is 11.9. The second-order valence-corrected chi connectivity index (χ2v) is 17.2. The molecule has 1 unspecified atom stereocenters. The number of ether oxygens (including phenoxy) is 1. The SMILES string of the molecule is CCCCCCCCCCCCCCCCCCOC(=O)C(CCCCCCCCCCCCCC)CCCCCCCCCCCCCCCC. The molecule has 0 spiro atoms. The second-order valence-electron chi connectivity index (χ2n) is 17.2. The van der Waals surface area contributed by atoms with Crippen molar-refractivity contribution in [2.45, 2.75) is 303 Å². The number of rotatable bonds is 46. The number of carbonyl (C=O) groups is 1. The van der Waals surface area contributed by atoms with E-state index in [-0.39, 0.29) is 11.9 Å². The highest BCUT2D eigenvalue weighted by Crippen LogP contribution is 2.22. The lowest BCUT2D eigenvalue weighted by Gasteiger charge is -2.16. The summed E-state index contributed by atoms with van der Waals surface area (Å²) in [6.07, 6.45) is 60.1. The fourth-order valence-electron chi connectivity index (χ4n) is 8.14. The fraction of sp³-hybridized carbons (Fsp3) is 0.980. The van der Waals surface area contributed by atoms with Gasteiger partial charge in [0.2, 0.25) is 0 Å². The zero-order chi connectivity index (χ0) is 37.7. The molecule has 52 heavy (non-hydrogen) atoms. The van der Waals surface area contributed by atoms with Crippen molar-refractivity contribution in [1.29, 1.82) is 0 Å². The van der Waals surface area contributed by atoms with Crippen molar-refractivity contribution >= 4 is 5.97 Å². The van der Waals surface area contributed by atoms with Crippen molar-refractivity contribution < 1.29 is 9.53 Å². The summed E-state index contributed by atoms with van der Waals surface area (Å²) in [6, 6.07) is 0. The molecule has 0 fully saturated rings. The van der Waals surface area contributed by atoms with Crippen LogP contribution in [0, 0.1) is 5.92 Å². The Morgan fingerprint density at radius 3 is 0.712 bits per heavy atom. The van der Waals surface area contributed by atoms with E-state index in [0.29, 0.717) is 6.61 Å². The van der Waals surface area contributed by atoms with Gasteiger partial charge in [-0.2, -0.15) is 0 Å². The summed E-state index contributed by atoms with van der Waals surface area (Å²) in [5, 5.41) is 0. The second kappa shape index (κ2) is 46.6. The highest BCUT2D eigenvalue weighted by atomic mass is 16.5. The zero-order valence-corrected chi connectivity index (χ0v) is 36.7. The van der Waals surface area contributed by atoms with Gasteiger partial charge in [0.05, 0.1) is 12.5 Å². The first-order valence-electron chi connectivity index (χ1n) is 24.9. The van der Waals surface area contributed by atoms with Gasteiger partial charge in [0.15, 0.2) is 0 Å². The van der Waals surface area contributed by atoms with Crippen LogP contribution >= 0.6 is 0 Å². The molecule has 2 nitrogen and oxygen atoms in total. The van der Waals surface area contributed by atoms with Crippen LogP contribution in [0.4, 0.5) is 0 Å². The molecule has 0 aromatic carbocycles. The van der Waals surface area contributed by atoms with Gasteiger partial charge in [-0.25, -0.2) is 0 Å². The van der Waals surface area contributed by atoms with Crippen molar-refractivity contribution in [3.05, 3.63) is 0 Å². The Kier molecular flexibility index (Phi) is 46.1. The molecule has 0 radical (unpaired) electrons.